The summed E-state index contributed by atoms with van der Waals surface area (Å²) in [6, 6.07) is 1.88. The molecule has 0 saturated heterocycles. The lowest BCUT2D eigenvalue weighted by molar-refractivity contribution is -0.138. The topological polar surface area (TPSA) is 58.6 Å². The summed E-state index contributed by atoms with van der Waals surface area (Å²) in [7, 11) is 2.48. The van der Waals surface area contributed by atoms with Crippen LogP contribution in [0.5, 0.6) is 0 Å². The molecule has 20 heavy (non-hydrogen) atoms. The van der Waals surface area contributed by atoms with Crippen LogP contribution in [0.2, 0.25) is 0 Å². The van der Waals surface area contributed by atoms with Gasteiger partial charge in [0, 0.05) is 24.7 Å². The van der Waals surface area contributed by atoms with Crippen LogP contribution in [0, 0.1) is 0 Å². The number of alkyl halides is 3. The highest BCUT2D eigenvalue weighted by Crippen LogP contribution is 2.36. The van der Waals surface area contributed by atoms with Crippen molar-refractivity contribution in [3.05, 3.63) is 34.4 Å². The fraction of sp³-hybridized carbons (Fsp3) is 0.333. The van der Waals surface area contributed by atoms with Gasteiger partial charge in [-0.2, -0.15) is 13.2 Å². The van der Waals surface area contributed by atoms with E-state index in [-0.39, 0.29) is 23.2 Å². The molecule has 0 atom stereocenters. The van der Waals surface area contributed by atoms with E-state index < -0.39 is 23.6 Å². The van der Waals surface area contributed by atoms with Gasteiger partial charge in [0.05, 0.1) is 12.7 Å². The van der Waals surface area contributed by atoms with E-state index >= 15 is 0 Å². The molecule has 0 spiro atoms. The Balaban J connectivity index is 2.60. The molecule has 5 nitrogen and oxygen atoms in total. The van der Waals surface area contributed by atoms with Crippen molar-refractivity contribution in [3.63, 3.8) is 0 Å². The highest BCUT2D eigenvalue weighted by molar-refractivity contribution is 6.02. The van der Waals surface area contributed by atoms with E-state index in [0.717, 1.165) is 17.2 Å². The molecule has 1 heterocycles. The van der Waals surface area contributed by atoms with E-state index in [2.05, 4.69) is 10.2 Å². The fourth-order valence-corrected chi connectivity index (χ4v) is 1.97. The van der Waals surface area contributed by atoms with Gasteiger partial charge in [0.1, 0.15) is 0 Å². The summed E-state index contributed by atoms with van der Waals surface area (Å²) in [5.74, 6) is -1.39. The zero-order valence-electron chi connectivity index (χ0n) is 10.7. The molecule has 2 rings (SSSR count). The Morgan fingerprint density at radius 3 is 2.60 bits per heavy atom. The van der Waals surface area contributed by atoms with Crippen molar-refractivity contribution < 1.29 is 27.6 Å². The molecule has 0 aliphatic carbocycles. The van der Waals surface area contributed by atoms with Gasteiger partial charge in [-0.25, -0.2) is 5.06 Å². The maximum absolute atomic E-state index is 13.0. The van der Waals surface area contributed by atoms with Crippen LogP contribution >= 0.6 is 0 Å². The van der Waals surface area contributed by atoms with Gasteiger partial charge in [0.15, 0.2) is 0 Å². The molecular weight excluding hydrogens is 277 g/mol. The number of halogens is 3. The minimum atomic E-state index is -4.64. The van der Waals surface area contributed by atoms with Crippen LogP contribution in [-0.2, 0) is 17.6 Å². The Bertz CT molecular complexity index is 584. The second-order valence-corrected chi connectivity index (χ2v) is 4.22. The minimum absolute atomic E-state index is 0.132. The van der Waals surface area contributed by atoms with Crippen LogP contribution in [-0.4, -0.2) is 31.0 Å². The third-order valence-electron chi connectivity index (χ3n) is 3.03. The molecule has 1 aromatic carbocycles. The molecule has 2 amide bonds. The molecule has 1 aromatic rings. The molecule has 0 bridgehead atoms. The van der Waals surface area contributed by atoms with Crippen LogP contribution in [0.4, 0.5) is 13.2 Å². The largest absolute Gasteiger partial charge is 0.416 e. The number of carbonyl (C=O) groups excluding carboxylic acids is 2. The Labute approximate surface area is 112 Å². The van der Waals surface area contributed by atoms with Crippen LogP contribution in [0.25, 0.3) is 0 Å². The lowest BCUT2D eigenvalue weighted by atomic mass is 9.98. The van der Waals surface area contributed by atoms with Crippen molar-refractivity contribution in [3.8, 4) is 0 Å². The van der Waals surface area contributed by atoms with E-state index in [1.807, 2.05) is 0 Å². The molecule has 0 unspecified atom stereocenters. The van der Waals surface area contributed by atoms with Gasteiger partial charge in [-0.15, -0.1) is 0 Å². The highest BCUT2D eigenvalue weighted by atomic mass is 19.4. The van der Waals surface area contributed by atoms with Gasteiger partial charge in [-0.05, 0) is 17.7 Å². The third-order valence-corrected chi connectivity index (χ3v) is 3.03. The maximum Gasteiger partial charge on any atom is 0.416 e. The Morgan fingerprint density at radius 1 is 1.40 bits per heavy atom. The number of nitrogens with zero attached hydrogens (tertiary/aromatic N) is 1. The number of hydrogen-bond acceptors (Lipinski definition) is 3. The number of fused-ring (bicyclic) bond motifs is 1. The quantitative estimate of drug-likeness (QED) is 0.841. The van der Waals surface area contributed by atoms with E-state index in [4.69, 9.17) is 0 Å². The molecule has 0 saturated carbocycles. The average Bonchev–Trinajstić information content (AvgIpc) is 2.76. The van der Waals surface area contributed by atoms with Crippen molar-refractivity contribution in [1.29, 1.82) is 0 Å². The predicted molar refractivity (Wildman–Crippen MR) is 61.7 cm³/mol. The van der Waals surface area contributed by atoms with Gasteiger partial charge in [0.25, 0.3) is 11.8 Å². The van der Waals surface area contributed by atoms with Gasteiger partial charge in [-0.1, -0.05) is 0 Å². The van der Waals surface area contributed by atoms with Crippen molar-refractivity contribution in [2.24, 2.45) is 0 Å². The first kappa shape index (κ1) is 14.3. The lowest BCUT2D eigenvalue weighted by Crippen LogP contribution is -2.26. The van der Waals surface area contributed by atoms with Gasteiger partial charge in [-0.3, -0.25) is 14.4 Å². The second kappa shape index (κ2) is 4.78. The van der Waals surface area contributed by atoms with Crippen LogP contribution in [0.3, 0.4) is 0 Å². The minimum Gasteiger partial charge on any atom is -0.348 e. The normalized spacial score (nSPS) is 13.9. The van der Waals surface area contributed by atoms with Crippen LogP contribution in [0.15, 0.2) is 12.1 Å². The molecule has 0 fully saturated rings. The highest BCUT2D eigenvalue weighted by Gasteiger charge is 2.38. The number of amides is 2. The summed E-state index contributed by atoms with van der Waals surface area (Å²) >= 11 is 0. The summed E-state index contributed by atoms with van der Waals surface area (Å²) in [4.78, 5) is 28.0. The number of nitrogens with one attached hydrogen (secondary N) is 1. The molecule has 1 N–H and O–H groups in total. The van der Waals surface area contributed by atoms with E-state index in [1.54, 1.807) is 0 Å². The second-order valence-electron chi connectivity index (χ2n) is 4.22. The monoisotopic (exact) mass is 288 g/mol. The SMILES string of the molecule is CON(C)C(=O)c1cc2c(c(C(F)(F)F)c1)CNC2=O. The van der Waals surface area contributed by atoms with Crippen molar-refractivity contribution in [2.75, 3.05) is 14.2 Å². The number of hydrogen-bond donors (Lipinski definition) is 1. The molecule has 1 aliphatic heterocycles. The predicted octanol–water partition coefficient (Wildman–Crippen LogP) is 1.58. The summed E-state index contributed by atoms with van der Waals surface area (Å²) < 4.78 is 39.0. The Morgan fingerprint density at radius 2 is 2.05 bits per heavy atom. The molecule has 0 aromatic heterocycles. The van der Waals surface area contributed by atoms with Crippen molar-refractivity contribution >= 4 is 11.8 Å². The molecule has 0 radical (unpaired) electrons. The first-order valence-electron chi connectivity index (χ1n) is 5.60. The first-order chi connectivity index (χ1) is 9.25. The summed E-state index contributed by atoms with van der Waals surface area (Å²) in [6.07, 6.45) is -4.64. The van der Waals surface area contributed by atoms with E-state index in [1.165, 1.54) is 14.2 Å². The number of rotatable bonds is 2. The van der Waals surface area contributed by atoms with Crippen molar-refractivity contribution in [2.45, 2.75) is 12.7 Å². The van der Waals surface area contributed by atoms with Gasteiger partial charge >= 0.3 is 6.18 Å². The lowest BCUT2D eigenvalue weighted by Gasteiger charge is -2.16. The van der Waals surface area contributed by atoms with Crippen molar-refractivity contribution in [1.82, 2.24) is 10.4 Å². The summed E-state index contributed by atoms with van der Waals surface area (Å²) in [5, 5.41) is 3.10. The van der Waals surface area contributed by atoms with Crippen LogP contribution in [0.1, 0.15) is 31.8 Å². The van der Waals surface area contributed by atoms with E-state index in [0.29, 0.717) is 0 Å². The van der Waals surface area contributed by atoms with Crippen LogP contribution < -0.4 is 5.32 Å². The summed E-state index contributed by atoms with van der Waals surface area (Å²) in [6.45, 7) is -0.197. The number of hydroxylamine groups is 2. The Hall–Kier alpha value is -2.09. The summed E-state index contributed by atoms with van der Waals surface area (Å²) in [5.41, 5.74) is -1.51. The van der Waals surface area contributed by atoms with Gasteiger partial charge < -0.3 is 5.32 Å². The smallest absolute Gasteiger partial charge is 0.348 e. The molecule has 1 aliphatic rings. The van der Waals surface area contributed by atoms with Gasteiger partial charge in [0.2, 0.25) is 0 Å². The Kier molecular flexibility index (Phi) is 3.43. The zero-order chi connectivity index (χ0) is 15.1. The average molecular weight is 288 g/mol. The first-order valence-corrected chi connectivity index (χ1v) is 5.60. The fourth-order valence-electron chi connectivity index (χ4n) is 1.97. The zero-order valence-corrected chi connectivity index (χ0v) is 10.7. The number of carbonyl (C=O) groups is 2. The maximum atomic E-state index is 13.0. The number of benzene rings is 1. The molecule has 108 valence electrons. The van der Waals surface area contributed by atoms with E-state index in [9.17, 15) is 22.8 Å². The molecular formula is C12H11F3N2O3. The molecule has 8 heteroatoms. The third kappa shape index (κ3) is 2.34. The standard InChI is InChI=1S/C12H11F3N2O3/c1-17(20-2)11(19)6-3-7-8(5-16-10(7)18)9(4-6)12(13,14)15/h3-4H,5H2,1-2H3,(H,16,18).